The number of hydrogen-bond donors (Lipinski definition) is 1. The molecule has 0 fully saturated rings. The molecule has 0 saturated carbocycles. The number of nitrogens with one attached hydrogen (secondary N) is 1. The molecule has 3 rings (SSSR count). The molecule has 0 amide bonds. The molecule has 0 bridgehead atoms. The fourth-order valence-electron chi connectivity index (χ4n) is 2.30. The van der Waals surface area contributed by atoms with E-state index in [0.717, 1.165) is 6.07 Å². The van der Waals surface area contributed by atoms with E-state index in [9.17, 15) is 8.78 Å². The average Bonchev–Trinajstić information content (AvgIpc) is 2.94. The number of rotatable bonds is 4. The third-order valence-corrected chi connectivity index (χ3v) is 3.50. The van der Waals surface area contributed by atoms with Crippen molar-refractivity contribution in [1.29, 1.82) is 0 Å². The summed E-state index contributed by atoms with van der Waals surface area (Å²) in [6.07, 6.45) is 1.44. The second kappa shape index (κ2) is 6.48. The van der Waals surface area contributed by atoms with Gasteiger partial charge in [0.25, 0.3) is 0 Å². The fraction of sp³-hybridized carbons (Fsp3) is 0.200. The van der Waals surface area contributed by atoms with Gasteiger partial charge in [-0.1, -0.05) is 11.6 Å². The van der Waals surface area contributed by atoms with Crippen LogP contribution in [0.5, 0.6) is 0 Å². The molecular formula is C15H13ClF2N6. The minimum Gasteiger partial charge on any atom is -0.368 e. The molecule has 1 aromatic carbocycles. The Balaban J connectivity index is 2.19. The van der Waals surface area contributed by atoms with Crippen LogP contribution < -0.4 is 5.32 Å². The van der Waals surface area contributed by atoms with E-state index in [2.05, 4.69) is 25.7 Å². The van der Waals surface area contributed by atoms with Crippen LogP contribution in [0, 0.1) is 11.6 Å². The number of anilines is 1. The van der Waals surface area contributed by atoms with Crippen LogP contribution in [0.3, 0.4) is 0 Å². The summed E-state index contributed by atoms with van der Waals surface area (Å²) in [5.74, 6) is -0.963. The number of aryl methyl sites for hydroxylation is 1. The minimum absolute atomic E-state index is 0.0813. The van der Waals surface area contributed by atoms with Gasteiger partial charge in [-0.3, -0.25) is 0 Å². The van der Waals surface area contributed by atoms with Gasteiger partial charge in [-0.15, -0.1) is 10.2 Å². The zero-order valence-corrected chi connectivity index (χ0v) is 13.6. The van der Waals surface area contributed by atoms with Gasteiger partial charge in [-0.25, -0.2) is 13.8 Å². The van der Waals surface area contributed by atoms with Crippen molar-refractivity contribution in [3.63, 3.8) is 0 Å². The first kappa shape index (κ1) is 16.3. The second-order valence-electron chi connectivity index (χ2n) is 5.00. The number of halogens is 3. The monoisotopic (exact) mass is 350 g/mol. The molecular weight excluding hydrogens is 338 g/mol. The normalized spacial score (nSPS) is 10.9. The van der Waals surface area contributed by atoms with E-state index in [1.165, 1.54) is 23.1 Å². The molecule has 24 heavy (non-hydrogen) atoms. The summed E-state index contributed by atoms with van der Waals surface area (Å²) in [4.78, 5) is 5.24. The number of benzene rings is 1. The van der Waals surface area contributed by atoms with Crippen LogP contribution in [0.15, 0.2) is 24.4 Å². The zero-order valence-electron chi connectivity index (χ0n) is 12.9. The van der Waals surface area contributed by atoms with Crippen LogP contribution >= 0.6 is 11.6 Å². The third-order valence-electron chi connectivity index (χ3n) is 3.28. The highest BCUT2D eigenvalue weighted by Gasteiger charge is 2.19. The smallest absolute Gasteiger partial charge is 0.208 e. The van der Waals surface area contributed by atoms with Gasteiger partial charge in [0.05, 0.1) is 12.6 Å². The lowest BCUT2D eigenvalue weighted by Crippen LogP contribution is -2.02. The minimum atomic E-state index is -0.623. The van der Waals surface area contributed by atoms with E-state index in [1.807, 2.05) is 6.92 Å². The van der Waals surface area contributed by atoms with E-state index in [1.54, 1.807) is 7.05 Å². The molecule has 124 valence electrons. The van der Waals surface area contributed by atoms with Gasteiger partial charge in [-0.05, 0) is 35.9 Å². The number of hydrogen-bond acceptors (Lipinski definition) is 5. The Morgan fingerprint density at radius 3 is 2.62 bits per heavy atom. The Hall–Kier alpha value is -2.61. The first-order valence-electron chi connectivity index (χ1n) is 7.12. The SMILES string of the molecule is CCNc1ncc(-c2cc(Cl)cc(F)c2-c2nnn(C)n2)cc1F. The van der Waals surface area contributed by atoms with Crippen molar-refractivity contribution < 1.29 is 8.78 Å². The summed E-state index contributed by atoms with van der Waals surface area (Å²) in [5.41, 5.74) is 0.783. The maximum Gasteiger partial charge on any atom is 0.208 e. The number of tetrazole rings is 1. The van der Waals surface area contributed by atoms with Crippen LogP contribution in [0.4, 0.5) is 14.6 Å². The lowest BCUT2D eigenvalue weighted by molar-refractivity contribution is 0.623. The van der Waals surface area contributed by atoms with Crippen molar-refractivity contribution in [1.82, 2.24) is 25.2 Å². The van der Waals surface area contributed by atoms with Gasteiger partial charge in [0.15, 0.2) is 11.6 Å². The van der Waals surface area contributed by atoms with Crippen LogP contribution in [0.25, 0.3) is 22.5 Å². The summed E-state index contributed by atoms with van der Waals surface area (Å²) in [6.45, 7) is 2.36. The molecule has 0 aliphatic heterocycles. The van der Waals surface area contributed by atoms with Crippen molar-refractivity contribution in [3.8, 4) is 22.5 Å². The van der Waals surface area contributed by atoms with Gasteiger partial charge in [-0.2, -0.15) is 4.80 Å². The highest BCUT2D eigenvalue weighted by Crippen LogP contribution is 2.35. The summed E-state index contributed by atoms with van der Waals surface area (Å²) >= 11 is 5.96. The van der Waals surface area contributed by atoms with Crippen molar-refractivity contribution in [2.75, 3.05) is 11.9 Å². The average molecular weight is 351 g/mol. The molecule has 0 atom stereocenters. The van der Waals surface area contributed by atoms with Crippen LogP contribution in [-0.4, -0.2) is 31.7 Å². The summed E-state index contributed by atoms with van der Waals surface area (Å²) < 4.78 is 28.6. The standard InChI is InChI=1S/C15H13ClF2N6/c1-3-19-14-12(18)4-8(7-20-14)10-5-9(16)6-11(17)13(10)15-21-23-24(2)22-15/h4-7H,3H2,1-2H3,(H,19,20). The molecule has 9 heteroatoms. The van der Waals surface area contributed by atoms with E-state index in [0.29, 0.717) is 17.7 Å². The van der Waals surface area contributed by atoms with Gasteiger partial charge in [0, 0.05) is 23.3 Å². The van der Waals surface area contributed by atoms with Crippen molar-refractivity contribution in [2.24, 2.45) is 7.05 Å². The van der Waals surface area contributed by atoms with E-state index >= 15 is 0 Å². The molecule has 1 N–H and O–H groups in total. The summed E-state index contributed by atoms with van der Waals surface area (Å²) in [5, 5.41) is 14.5. The predicted molar refractivity (Wildman–Crippen MR) is 86.6 cm³/mol. The largest absolute Gasteiger partial charge is 0.368 e. The predicted octanol–water partition coefficient (Wildman–Crippen LogP) is 3.30. The maximum absolute atomic E-state index is 14.5. The Morgan fingerprint density at radius 2 is 2.00 bits per heavy atom. The molecule has 0 saturated heterocycles. The van der Waals surface area contributed by atoms with E-state index < -0.39 is 11.6 Å². The molecule has 3 aromatic rings. The molecule has 0 spiro atoms. The van der Waals surface area contributed by atoms with Crippen molar-refractivity contribution in [2.45, 2.75) is 6.92 Å². The first-order chi connectivity index (χ1) is 11.5. The number of pyridine rings is 1. The van der Waals surface area contributed by atoms with Crippen LogP contribution in [0.2, 0.25) is 5.02 Å². The van der Waals surface area contributed by atoms with Gasteiger partial charge < -0.3 is 5.32 Å². The molecule has 0 aliphatic carbocycles. The van der Waals surface area contributed by atoms with Gasteiger partial charge in [0.2, 0.25) is 5.82 Å². The maximum atomic E-state index is 14.5. The Kier molecular flexibility index (Phi) is 4.39. The van der Waals surface area contributed by atoms with Crippen molar-refractivity contribution in [3.05, 3.63) is 41.1 Å². The zero-order chi connectivity index (χ0) is 17.3. The first-order valence-corrected chi connectivity index (χ1v) is 7.50. The summed E-state index contributed by atoms with van der Waals surface area (Å²) in [6, 6.07) is 3.92. The van der Waals surface area contributed by atoms with Crippen LogP contribution in [0.1, 0.15) is 6.92 Å². The molecule has 6 nitrogen and oxygen atoms in total. The van der Waals surface area contributed by atoms with Crippen LogP contribution in [-0.2, 0) is 7.05 Å². The molecule has 2 aromatic heterocycles. The highest BCUT2D eigenvalue weighted by molar-refractivity contribution is 6.31. The van der Waals surface area contributed by atoms with E-state index in [4.69, 9.17) is 11.6 Å². The fourth-order valence-corrected chi connectivity index (χ4v) is 2.50. The lowest BCUT2D eigenvalue weighted by Gasteiger charge is -2.10. The second-order valence-corrected chi connectivity index (χ2v) is 5.43. The highest BCUT2D eigenvalue weighted by atomic mass is 35.5. The number of aromatic nitrogens is 5. The summed E-state index contributed by atoms with van der Waals surface area (Å²) in [7, 11) is 1.57. The molecule has 0 aliphatic rings. The Morgan fingerprint density at radius 1 is 1.21 bits per heavy atom. The molecule has 0 radical (unpaired) electrons. The topological polar surface area (TPSA) is 68.5 Å². The Labute approximate surface area is 141 Å². The van der Waals surface area contributed by atoms with Gasteiger partial charge >= 0.3 is 0 Å². The lowest BCUT2D eigenvalue weighted by atomic mass is 10.00. The molecule has 0 unspecified atom stereocenters. The quantitative estimate of drug-likeness (QED) is 0.782. The molecule has 2 heterocycles. The van der Waals surface area contributed by atoms with Gasteiger partial charge in [0.1, 0.15) is 5.82 Å². The number of nitrogens with zero attached hydrogens (tertiary/aromatic N) is 5. The van der Waals surface area contributed by atoms with E-state index in [-0.39, 0.29) is 22.2 Å². The third kappa shape index (κ3) is 3.05. The Bertz CT molecular complexity index is 896. The van der Waals surface area contributed by atoms with Crippen molar-refractivity contribution >= 4 is 17.4 Å².